The molecular formula is C23H22ClNO3S. The Bertz CT molecular complexity index is 1090. The number of carbonyl (C=O) groups excluding carboxylic acids is 1. The third-order valence-corrected chi connectivity index (χ3v) is 6.22. The van der Waals surface area contributed by atoms with E-state index >= 15 is 0 Å². The second-order valence-electron chi connectivity index (χ2n) is 6.92. The lowest BCUT2D eigenvalue weighted by atomic mass is 10.0. The van der Waals surface area contributed by atoms with Crippen LogP contribution in [0.4, 0.5) is 5.69 Å². The molecule has 0 unspecified atom stereocenters. The molecule has 0 radical (unpaired) electrons. The van der Waals surface area contributed by atoms with Crippen LogP contribution in [-0.2, 0) is 27.7 Å². The van der Waals surface area contributed by atoms with Gasteiger partial charge in [-0.15, -0.1) is 0 Å². The van der Waals surface area contributed by atoms with E-state index in [9.17, 15) is 13.2 Å². The summed E-state index contributed by atoms with van der Waals surface area (Å²) in [7, 11) is -3.72. The SMILES string of the molecule is Cc1ccc(S(=O)(=O)Nc2ccccc2CC(=O)CCc2ccc(Cl)cc2)cc1. The van der Waals surface area contributed by atoms with E-state index in [0.29, 0.717) is 29.1 Å². The highest BCUT2D eigenvalue weighted by atomic mass is 35.5. The Hall–Kier alpha value is -2.63. The van der Waals surface area contributed by atoms with Gasteiger partial charge in [-0.3, -0.25) is 9.52 Å². The van der Waals surface area contributed by atoms with Crippen molar-refractivity contribution in [3.05, 3.63) is 94.5 Å². The molecule has 4 nitrogen and oxygen atoms in total. The zero-order chi connectivity index (χ0) is 20.9. The number of anilines is 1. The van der Waals surface area contributed by atoms with Gasteiger partial charge in [0.15, 0.2) is 0 Å². The van der Waals surface area contributed by atoms with Crippen molar-refractivity contribution in [3.8, 4) is 0 Å². The van der Waals surface area contributed by atoms with Crippen LogP contribution in [0.25, 0.3) is 0 Å². The number of Topliss-reactive ketones (excluding diaryl/α,β-unsaturated/α-hetero) is 1. The number of aryl methyl sites for hydroxylation is 2. The van der Waals surface area contributed by atoms with E-state index < -0.39 is 10.0 Å². The van der Waals surface area contributed by atoms with Crippen LogP contribution in [0.3, 0.4) is 0 Å². The van der Waals surface area contributed by atoms with E-state index in [-0.39, 0.29) is 17.1 Å². The fourth-order valence-corrected chi connectivity index (χ4v) is 4.16. The summed E-state index contributed by atoms with van der Waals surface area (Å²) in [6, 6.07) is 21.0. The van der Waals surface area contributed by atoms with Crippen LogP contribution in [0.15, 0.2) is 77.7 Å². The van der Waals surface area contributed by atoms with Gasteiger partial charge in [0, 0.05) is 17.9 Å². The summed E-state index contributed by atoms with van der Waals surface area (Å²) in [4.78, 5) is 12.7. The molecule has 150 valence electrons. The van der Waals surface area contributed by atoms with Crippen LogP contribution in [0.2, 0.25) is 5.02 Å². The molecule has 0 amide bonds. The number of halogens is 1. The Labute approximate surface area is 176 Å². The first-order valence-corrected chi connectivity index (χ1v) is 11.1. The molecule has 1 N–H and O–H groups in total. The van der Waals surface area contributed by atoms with Crippen molar-refractivity contribution in [3.63, 3.8) is 0 Å². The first kappa shape index (κ1) is 21.1. The van der Waals surface area contributed by atoms with Crippen molar-refractivity contribution >= 4 is 33.1 Å². The van der Waals surface area contributed by atoms with Crippen molar-refractivity contribution in [2.75, 3.05) is 4.72 Å². The molecule has 29 heavy (non-hydrogen) atoms. The summed E-state index contributed by atoms with van der Waals surface area (Å²) in [6.45, 7) is 1.90. The Balaban J connectivity index is 1.69. The van der Waals surface area contributed by atoms with E-state index in [4.69, 9.17) is 11.6 Å². The summed E-state index contributed by atoms with van der Waals surface area (Å²) >= 11 is 5.88. The van der Waals surface area contributed by atoms with E-state index in [1.807, 2.05) is 19.1 Å². The van der Waals surface area contributed by atoms with Crippen LogP contribution in [-0.4, -0.2) is 14.2 Å². The fraction of sp³-hybridized carbons (Fsp3) is 0.174. The normalized spacial score (nSPS) is 11.2. The highest BCUT2D eigenvalue weighted by Crippen LogP contribution is 2.22. The minimum atomic E-state index is -3.72. The highest BCUT2D eigenvalue weighted by molar-refractivity contribution is 7.92. The zero-order valence-corrected chi connectivity index (χ0v) is 17.6. The van der Waals surface area contributed by atoms with Crippen molar-refractivity contribution in [2.24, 2.45) is 0 Å². The van der Waals surface area contributed by atoms with E-state index in [0.717, 1.165) is 11.1 Å². The molecular weight excluding hydrogens is 406 g/mol. The van der Waals surface area contributed by atoms with Gasteiger partial charge in [-0.05, 0) is 54.8 Å². The lowest BCUT2D eigenvalue weighted by Gasteiger charge is -2.12. The minimum absolute atomic E-state index is 0.0435. The predicted molar refractivity (Wildman–Crippen MR) is 117 cm³/mol. The summed E-state index contributed by atoms with van der Waals surface area (Å²) in [5, 5.41) is 0.662. The van der Waals surface area contributed by atoms with E-state index in [1.165, 1.54) is 0 Å². The number of para-hydroxylation sites is 1. The lowest BCUT2D eigenvalue weighted by Crippen LogP contribution is -2.15. The summed E-state index contributed by atoms with van der Waals surface area (Å²) in [6.07, 6.45) is 1.16. The van der Waals surface area contributed by atoms with E-state index in [2.05, 4.69) is 4.72 Å². The Morgan fingerprint density at radius 1 is 0.931 bits per heavy atom. The summed E-state index contributed by atoms with van der Waals surface area (Å²) in [5.74, 6) is 0.0435. The molecule has 0 heterocycles. The predicted octanol–water partition coefficient (Wildman–Crippen LogP) is 5.19. The maximum absolute atomic E-state index is 12.7. The third kappa shape index (κ3) is 5.92. The average Bonchev–Trinajstić information content (AvgIpc) is 2.69. The number of carbonyl (C=O) groups is 1. The lowest BCUT2D eigenvalue weighted by molar-refractivity contribution is -0.118. The summed E-state index contributed by atoms with van der Waals surface area (Å²) < 4.78 is 28.0. The molecule has 6 heteroatoms. The molecule has 3 aromatic carbocycles. The molecule has 0 aliphatic heterocycles. The molecule has 0 aliphatic rings. The molecule has 3 aromatic rings. The van der Waals surface area contributed by atoms with Crippen molar-refractivity contribution in [1.82, 2.24) is 0 Å². The Morgan fingerprint density at radius 2 is 1.59 bits per heavy atom. The fourth-order valence-electron chi connectivity index (χ4n) is 2.93. The molecule has 3 rings (SSSR count). The van der Waals surface area contributed by atoms with Crippen LogP contribution in [0, 0.1) is 6.92 Å². The largest absolute Gasteiger partial charge is 0.299 e. The average molecular weight is 428 g/mol. The number of rotatable bonds is 8. The van der Waals surface area contributed by atoms with Crippen molar-refractivity contribution < 1.29 is 13.2 Å². The number of hydrogen-bond acceptors (Lipinski definition) is 3. The standard InChI is InChI=1S/C23H22ClNO3S/c1-17-6-14-22(15-7-17)29(27,28)25-23-5-3-2-4-19(23)16-21(26)13-10-18-8-11-20(24)12-9-18/h2-9,11-12,14-15,25H,10,13,16H2,1H3. The van der Waals surface area contributed by atoms with Gasteiger partial charge in [0.25, 0.3) is 10.0 Å². The van der Waals surface area contributed by atoms with Gasteiger partial charge in [0.05, 0.1) is 10.6 Å². The second kappa shape index (κ2) is 9.25. The van der Waals surface area contributed by atoms with Gasteiger partial charge in [0.1, 0.15) is 5.78 Å². The van der Waals surface area contributed by atoms with Gasteiger partial charge in [-0.25, -0.2) is 8.42 Å². The third-order valence-electron chi connectivity index (χ3n) is 4.59. The van der Waals surface area contributed by atoms with Crippen molar-refractivity contribution in [1.29, 1.82) is 0 Å². The Morgan fingerprint density at radius 3 is 2.28 bits per heavy atom. The van der Waals surface area contributed by atoms with Crippen LogP contribution >= 0.6 is 11.6 Å². The van der Waals surface area contributed by atoms with Gasteiger partial charge in [-0.1, -0.05) is 59.6 Å². The van der Waals surface area contributed by atoms with Crippen molar-refractivity contribution in [2.45, 2.75) is 31.1 Å². The van der Waals surface area contributed by atoms with Gasteiger partial charge in [-0.2, -0.15) is 0 Å². The van der Waals surface area contributed by atoms with E-state index in [1.54, 1.807) is 60.7 Å². The molecule has 0 bridgehead atoms. The molecule has 0 saturated heterocycles. The number of ketones is 1. The van der Waals surface area contributed by atoms with Gasteiger partial charge >= 0.3 is 0 Å². The quantitative estimate of drug-likeness (QED) is 0.537. The zero-order valence-electron chi connectivity index (χ0n) is 16.1. The molecule has 0 aromatic heterocycles. The minimum Gasteiger partial charge on any atom is -0.299 e. The maximum atomic E-state index is 12.7. The summed E-state index contributed by atoms with van der Waals surface area (Å²) in [5.41, 5.74) is 3.10. The molecule has 0 saturated carbocycles. The van der Waals surface area contributed by atoms with Crippen LogP contribution < -0.4 is 4.72 Å². The van der Waals surface area contributed by atoms with Gasteiger partial charge in [0.2, 0.25) is 0 Å². The maximum Gasteiger partial charge on any atom is 0.261 e. The number of nitrogens with one attached hydrogen (secondary N) is 1. The van der Waals surface area contributed by atoms with Crippen LogP contribution in [0.1, 0.15) is 23.1 Å². The smallest absolute Gasteiger partial charge is 0.261 e. The topological polar surface area (TPSA) is 63.2 Å². The Kier molecular flexibility index (Phi) is 6.72. The monoisotopic (exact) mass is 427 g/mol. The molecule has 0 spiro atoms. The van der Waals surface area contributed by atoms with Gasteiger partial charge < -0.3 is 0 Å². The first-order chi connectivity index (χ1) is 13.8. The molecule has 0 fully saturated rings. The van der Waals surface area contributed by atoms with Crippen LogP contribution in [0.5, 0.6) is 0 Å². The molecule has 0 atom stereocenters. The number of hydrogen-bond donors (Lipinski definition) is 1. The molecule has 0 aliphatic carbocycles. The second-order valence-corrected chi connectivity index (χ2v) is 9.04. The first-order valence-electron chi connectivity index (χ1n) is 9.27. The number of sulfonamides is 1. The highest BCUT2D eigenvalue weighted by Gasteiger charge is 2.16. The number of benzene rings is 3.